The van der Waals surface area contributed by atoms with Crippen LogP contribution in [0, 0.1) is 0 Å². The molecule has 1 unspecified atom stereocenters. The lowest BCUT2D eigenvalue weighted by atomic mass is 10.2. The molecule has 1 fully saturated rings. The van der Waals surface area contributed by atoms with Crippen molar-refractivity contribution in [3.05, 3.63) is 66.2 Å². The minimum Gasteiger partial charge on any atom is -0.380 e. The minimum atomic E-state index is 0.202. The molecule has 0 bridgehead atoms. The molecular weight excluding hydrogens is 248 g/mol. The van der Waals surface area contributed by atoms with E-state index >= 15 is 0 Å². The van der Waals surface area contributed by atoms with Crippen LogP contribution in [-0.2, 0) is 11.3 Å². The minimum absolute atomic E-state index is 0.202. The Morgan fingerprint density at radius 2 is 1.65 bits per heavy atom. The third kappa shape index (κ3) is 2.99. The molecule has 1 aliphatic rings. The molecule has 1 N–H and O–H groups in total. The first-order chi connectivity index (χ1) is 9.81. The molecule has 1 saturated heterocycles. The topological polar surface area (TPSA) is 32.3 Å². The van der Waals surface area contributed by atoms with Gasteiger partial charge in [0.05, 0.1) is 6.04 Å². The van der Waals surface area contributed by atoms with Gasteiger partial charge in [-0.05, 0) is 17.7 Å². The second-order valence-corrected chi connectivity index (χ2v) is 5.17. The number of para-hydroxylation sites is 1. The first-order valence-electron chi connectivity index (χ1n) is 6.94. The average Bonchev–Trinajstić information content (AvgIpc) is 2.81. The standard InChI is InChI=1S/C17H18N2O/c20-17-11-16(18-15-9-5-2-6-10-15)13-19(17)12-14-7-3-1-4-8-14/h1-10,16,18H,11-13H2. The van der Waals surface area contributed by atoms with Crippen LogP contribution in [0.1, 0.15) is 12.0 Å². The molecule has 2 aromatic rings. The molecule has 3 heteroatoms. The van der Waals surface area contributed by atoms with Gasteiger partial charge in [-0.3, -0.25) is 4.79 Å². The highest BCUT2D eigenvalue weighted by Gasteiger charge is 2.29. The molecular formula is C17H18N2O. The number of hydrogen-bond acceptors (Lipinski definition) is 2. The van der Waals surface area contributed by atoms with E-state index < -0.39 is 0 Å². The van der Waals surface area contributed by atoms with Crippen LogP contribution in [0.3, 0.4) is 0 Å². The Kier molecular flexibility index (Phi) is 3.68. The van der Waals surface area contributed by atoms with E-state index in [0.29, 0.717) is 13.0 Å². The number of hydrogen-bond donors (Lipinski definition) is 1. The Morgan fingerprint density at radius 1 is 1.00 bits per heavy atom. The quantitative estimate of drug-likeness (QED) is 0.923. The van der Waals surface area contributed by atoms with E-state index in [2.05, 4.69) is 17.4 Å². The van der Waals surface area contributed by atoms with Crippen molar-refractivity contribution in [2.24, 2.45) is 0 Å². The van der Waals surface area contributed by atoms with Gasteiger partial charge < -0.3 is 10.2 Å². The Morgan fingerprint density at radius 3 is 2.35 bits per heavy atom. The van der Waals surface area contributed by atoms with E-state index in [4.69, 9.17) is 0 Å². The molecule has 0 aliphatic carbocycles. The number of rotatable bonds is 4. The second-order valence-electron chi connectivity index (χ2n) is 5.17. The first kappa shape index (κ1) is 12.7. The zero-order chi connectivity index (χ0) is 13.8. The summed E-state index contributed by atoms with van der Waals surface area (Å²) in [5.41, 5.74) is 2.26. The Balaban J connectivity index is 1.61. The number of amides is 1. The third-order valence-electron chi connectivity index (χ3n) is 3.58. The first-order valence-corrected chi connectivity index (χ1v) is 6.94. The SMILES string of the molecule is O=C1CC(Nc2ccccc2)CN1Cc1ccccc1. The summed E-state index contributed by atoms with van der Waals surface area (Å²) in [7, 11) is 0. The fraction of sp³-hybridized carbons (Fsp3) is 0.235. The van der Waals surface area contributed by atoms with Crippen LogP contribution in [0.4, 0.5) is 5.69 Å². The summed E-state index contributed by atoms with van der Waals surface area (Å²) < 4.78 is 0. The second kappa shape index (κ2) is 5.78. The molecule has 20 heavy (non-hydrogen) atoms. The van der Waals surface area contributed by atoms with Gasteiger partial charge in [-0.25, -0.2) is 0 Å². The average molecular weight is 266 g/mol. The Bertz CT molecular complexity index is 568. The van der Waals surface area contributed by atoms with Gasteiger partial charge in [0.25, 0.3) is 0 Å². The molecule has 0 saturated carbocycles. The van der Waals surface area contributed by atoms with Crippen molar-refractivity contribution in [2.45, 2.75) is 19.0 Å². The maximum atomic E-state index is 12.1. The lowest BCUT2D eigenvalue weighted by molar-refractivity contribution is -0.128. The monoisotopic (exact) mass is 266 g/mol. The van der Waals surface area contributed by atoms with Crippen molar-refractivity contribution >= 4 is 11.6 Å². The molecule has 1 atom stereocenters. The number of nitrogens with zero attached hydrogens (tertiary/aromatic N) is 1. The van der Waals surface area contributed by atoms with Crippen LogP contribution in [0.5, 0.6) is 0 Å². The van der Waals surface area contributed by atoms with E-state index in [1.807, 2.05) is 53.4 Å². The molecule has 1 aliphatic heterocycles. The van der Waals surface area contributed by atoms with Crippen molar-refractivity contribution in [1.82, 2.24) is 4.90 Å². The maximum Gasteiger partial charge on any atom is 0.225 e. The van der Waals surface area contributed by atoms with Crippen LogP contribution in [0.15, 0.2) is 60.7 Å². The Hall–Kier alpha value is -2.29. The highest BCUT2D eigenvalue weighted by atomic mass is 16.2. The molecule has 3 nitrogen and oxygen atoms in total. The van der Waals surface area contributed by atoms with Crippen LogP contribution in [0.25, 0.3) is 0 Å². The summed E-state index contributed by atoms with van der Waals surface area (Å²) in [5.74, 6) is 0.224. The third-order valence-corrected chi connectivity index (χ3v) is 3.58. The largest absolute Gasteiger partial charge is 0.380 e. The van der Waals surface area contributed by atoms with Gasteiger partial charge in [-0.1, -0.05) is 48.5 Å². The van der Waals surface area contributed by atoms with Crippen molar-refractivity contribution < 1.29 is 4.79 Å². The molecule has 102 valence electrons. The number of benzene rings is 2. The van der Waals surface area contributed by atoms with Crippen molar-refractivity contribution in [3.63, 3.8) is 0 Å². The zero-order valence-corrected chi connectivity index (χ0v) is 11.3. The highest BCUT2D eigenvalue weighted by molar-refractivity contribution is 5.80. The molecule has 3 rings (SSSR count). The number of nitrogens with one attached hydrogen (secondary N) is 1. The Labute approximate surface area is 119 Å². The zero-order valence-electron chi connectivity index (χ0n) is 11.3. The van der Waals surface area contributed by atoms with Gasteiger partial charge in [0.15, 0.2) is 0 Å². The number of carbonyl (C=O) groups is 1. The van der Waals surface area contributed by atoms with E-state index in [1.54, 1.807) is 0 Å². The van der Waals surface area contributed by atoms with Crippen LogP contribution < -0.4 is 5.32 Å². The molecule has 0 spiro atoms. The van der Waals surface area contributed by atoms with E-state index in [1.165, 1.54) is 5.56 Å². The number of likely N-dealkylation sites (tertiary alicyclic amines) is 1. The molecule has 2 aromatic carbocycles. The fourth-order valence-electron chi connectivity index (χ4n) is 2.60. The van der Waals surface area contributed by atoms with Crippen molar-refractivity contribution in [3.8, 4) is 0 Å². The molecule has 1 amide bonds. The highest BCUT2D eigenvalue weighted by Crippen LogP contribution is 2.18. The van der Waals surface area contributed by atoms with Crippen LogP contribution in [0.2, 0.25) is 0 Å². The van der Waals surface area contributed by atoms with Crippen molar-refractivity contribution in [2.75, 3.05) is 11.9 Å². The van der Waals surface area contributed by atoms with Crippen molar-refractivity contribution in [1.29, 1.82) is 0 Å². The maximum absolute atomic E-state index is 12.1. The van der Waals surface area contributed by atoms with Gasteiger partial charge in [0, 0.05) is 25.2 Å². The number of carbonyl (C=O) groups excluding carboxylic acids is 1. The normalized spacial score (nSPS) is 18.3. The summed E-state index contributed by atoms with van der Waals surface area (Å²) in [6.45, 7) is 1.47. The predicted molar refractivity (Wildman–Crippen MR) is 80.3 cm³/mol. The summed E-state index contributed by atoms with van der Waals surface area (Å²) >= 11 is 0. The fourth-order valence-corrected chi connectivity index (χ4v) is 2.60. The molecule has 1 heterocycles. The summed E-state index contributed by atoms with van der Waals surface area (Å²) in [6, 6.07) is 20.4. The summed E-state index contributed by atoms with van der Waals surface area (Å²) in [6.07, 6.45) is 0.571. The van der Waals surface area contributed by atoms with E-state index in [-0.39, 0.29) is 11.9 Å². The lowest BCUT2D eigenvalue weighted by Gasteiger charge is -2.17. The van der Waals surface area contributed by atoms with Gasteiger partial charge in [0.1, 0.15) is 0 Å². The van der Waals surface area contributed by atoms with E-state index in [0.717, 1.165) is 12.2 Å². The van der Waals surface area contributed by atoms with Gasteiger partial charge >= 0.3 is 0 Å². The van der Waals surface area contributed by atoms with Crippen LogP contribution >= 0.6 is 0 Å². The lowest BCUT2D eigenvalue weighted by Crippen LogP contribution is -2.27. The molecule has 0 aromatic heterocycles. The van der Waals surface area contributed by atoms with Gasteiger partial charge in [-0.2, -0.15) is 0 Å². The smallest absolute Gasteiger partial charge is 0.225 e. The predicted octanol–water partition coefficient (Wildman–Crippen LogP) is 2.90. The van der Waals surface area contributed by atoms with Gasteiger partial charge in [0.2, 0.25) is 5.91 Å². The van der Waals surface area contributed by atoms with E-state index in [9.17, 15) is 4.79 Å². The van der Waals surface area contributed by atoms with Gasteiger partial charge in [-0.15, -0.1) is 0 Å². The summed E-state index contributed by atoms with van der Waals surface area (Å²) in [4.78, 5) is 14.0. The summed E-state index contributed by atoms with van der Waals surface area (Å²) in [5, 5.41) is 3.42. The van der Waals surface area contributed by atoms with Crippen LogP contribution in [-0.4, -0.2) is 23.4 Å². The molecule has 0 radical (unpaired) electrons. The number of anilines is 1.